The number of rotatable bonds is 13. The van der Waals surface area contributed by atoms with Crippen LogP contribution in [0.1, 0.15) is 112 Å². The summed E-state index contributed by atoms with van der Waals surface area (Å²) in [5.41, 5.74) is 2.02. The van der Waals surface area contributed by atoms with Gasteiger partial charge in [0.2, 0.25) is 0 Å². The molecule has 2 aliphatic rings. The van der Waals surface area contributed by atoms with Crippen LogP contribution in [0.15, 0.2) is 22.8 Å². The lowest BCUT2D eigenvalue weighted by molar-refractivity contribution is -0.197. The number of hydrogen-bond donors (Lipinski definition) is 2. The van der Waals surface area contributed by atoms with E-state index in [-0.39, 0.29) is 29.9 Å². The quantitative estimate of drug-likeness (QED) is 0.171. The number of allylic oxidation sites excluding steroid dienone is 2. The van der Waals surface area contributed by atoms with Crippen molar-refractivity contribution in [1.82, 2.24) is 0 Å². The van der Waals surface area contributed by atoms with Crippen molar-refractivity contribution in [2.75, 3.05) is 6.61 Å². The third-order valence-electron chi connectivity index (χ3n) is 8.59. The molecule has 7 heteroatoms. The van der Waals surface area contributed by atoms with Crippen LogP contribution in [0.4, 0.5) is 0 Å². The molecule has 0 aromatic carbocycles. The molecule has 210 valence electrons. The second-order valence-corrected chi connectivity index (χ2v) is 11.6. The van der Waals surface area contributed by atoms with Crippen molar-refractivity contribution >= 4 is 17.9 Å². The van der Waals surface area contributed by atoms with Gasteiger partial charge in [0.05, 0.1) is 6.10 Å². The molecule has 1 fully saturated rings. The van der Waals surface area contributed by atoms with Crippen LogP contribution in [0.5, 0.6) is 0 Å². The molecule has 0 radical (unpaired) electrons. The van der Waals surface area contributed by atoms with Gasteiger partial charge in [0.25, 0.3) is 0 Å². The Kier molecular flexibility index (Phi) is 11.4. The maximum Gasteiger partial charge on any atom is 0.328 e. The van der Waals surface area contributed by atoms with Crippen LogP contribution in [0.3, 0.4) is 0 Å². The molecule has 0 aliphatic heterocycles. The predicted molar refractivity (Wildman–Crippen MR) is 143 cm³/mol. The molecule has 0 bridgehead atoms. The number of aliphatic carboxylic acids is 1. The first-order chi connectivity index (χ1) is 17.4. The Bertz CT molecular complexity index is 888. The van der Waals surface area contributed by atoms with Gasteiger partial charge in [-0.2, -0.15) is 0 Å². The van der Waals surface area contributed by atoms with Gasteiger partial charge in [-0.1, -0.05) is 57.3 Å². The fourth-order valence-electron chi connectivity index (χ4n) is 6.74. The van der Waals surface area contributed by atoms with Crippen molar-refractivity contribution in [2.45, 2.75) is 124 Å². The first-order valence-electron chi connectivity index (χ1n) is 14.0. The molecule has 2 aliphatic carbocycles. The van der Waals surface area contributed by atoms with E-state index in [1.807, 2.05) is 27.7 Å². The summed E-state index contributed by atoms with van der Waals surface area (Å²) in [6, 6.07) is 0. The van der Waals surface area contributed by atoms with E-state index in [9.17, 15) is 19.5 Å². The Morgan fingerprint density at radius 2 is 1.68 bits per heavy atom. The summed E-state index contributed by atoms with van der Waals surface area (Å²) in [7, 11) is 0. The minimum atomic E-state index is -0.950. The lowest BCUT2D eigenvalue weighted by Gasteiger charge is -2.59. The van der Waals surface area contributed by atoms with Crippen molar-refractivity contribution in [3.63, 3.8) is 0 Å². The van der Waals surface area contributed by atoms with E-state index in [1.165, 1.54) is 11.6 Å². The highest BCUT2D eigenvalue weighted by molar-refractivity contribution is 5.80. The number of carbonyl (C=O) groups is 3. The van der Waals surface area contributed by atoms with Gasteiger partial charge in [-0.3, -0.25) is 9.59 Å². The molecule has 0 aromatic rings. The number of carboxylic acid groups (broad SMARTS) is 1. The minimum absolute atomic E-state index is 0.0862. The maximum atomic E-state index is 12.7. The first kappa shape index (κ1) is 31.1. The Morgan fingerprint density at radius 3 is 2.27 bits per heavy atom. The molecule has 0 heterocycles. The number of aliphatic hydroxyl groups excluding tert-OH is 1. The summed E-state index contributed by atoms with van der Waals surface area (Å²) in [4.78, 5) is 36.3. The Labute approximate surface area is 222 Å². The number of aliphatic hydroxyl groups is 1. The fourth-order valence-corrected chi connectivity index (χ4v) is 6.74. The largest absolute Gasteiger partial charge is 0.478 e. The normalized spacial score (nSPS) is 30.0. The van der Waals surface area contributed by atoms with E-state index in [0.29, 0.717) is 38.5 Å². The van der Waals surface area contributed by atoms with Crippen molar-refractivity contribution < 1.29 is 34.1 Å². The molecule has 0 aromatic heterocycles. The second-order valence-electron chi connectivity index (χ2n) is 11.6. The average molecular weight is 521 g/mol. The van der Waals surface area contributed by atoms with Crippen molar-refractivity contribution in [3.05, 3.63) is 22.8 Å². The van der Waals surface area contributed by atoms with Gasteiger partial charge in [0, 0.05) is 30.3 Å². The van der Waals surface area contributed by atoms with Crippen LogP contribution >= 0.6 is 0 Å². The van der Waals surface area contributed by atoms with Crippen molar-refractivity contribution in [1.29, 1.82) is 0 Å². The monoisotopic (exact) mass is 520 g/mol. The van der Waals surface area contributed by atoms with Crippen LogP contribution in [-0.2, 0) is 23.9 Å². The standard InChI is InChI=1S/C30H48O7/c1-7-9-11-26(34)36-19-30(6)24(37-27(35)12-10-8-2)15-16-29(5)22(14-13-20(3)17-25(32)33)21(4)18-23(31)28(29)30/h17,23-24,28,31H,7-16,18-19H2,1-6H3,(H,32,33)/t23-,24-,28?,29-,30+/m1/s1. The number of fused-ring (bicyclic) bond motifs is 1. The van der Waals surface area contributed by atoms with Gasteiger partial charge < -0.3 is 19.7 Å². The molecule has 0 spiro atoms. The fraction of sp³-hybridized carbons (Fsp3) is 0.767. The van der Waals surface area contributed by atoms with E-state index in [4.69, 9.17) is 14.6 Å². The van der Waals surface area contributed by atoms with E-state index < -0.39 is 23.6 Å². The highest BCUT2D eigenvalue weighted by Gasteiger charge is 2.60. The molecule has 1 saturated carbocycles. The smallest absolute Gasteiger partial charge is 0.328 e. The van der Waals surface area contributed by atoms with E-state index in [2.05, 4.69) is 13.8 Å². The Morgan fingerprint density at radius 1 is 1.05 bits per heavy atom. The lowest BCUT2D eigenvalue weighted by atomic mass is 9.47. The van der Waals surface area contributed by atoms with Crippen LogP contribution in [0, 0.1) is 16.7 Å². The maximum absolute atomic E-state index is 12.7. The molecule has 2 rings (SSSR count). The summed E-state index contributed by atoms with van der Waals surface area (Å²) < 4.78 is 11.8. The summed E-state index contributed by atoms with van der Waals surface area (Å²) in [6.07, 6.45) is 7.28. The van der Waals surface area contributed by atoms with Gasteiger partial charge in [-0.05, 0) is 64.2 Å². The SMILES string of the molecule is CCCCC(=O)OC[C@]1(C)C2[C@H](O)CC(C)=C(CCC(C)=CC(=O)O)[C@@]2(C)CC[C@H]1OC(=O)CCCC. The first-order valence-corrected chi connectivity index (χ1v) is 14.0. The zero-order chi connectivity index (χ0) is 27.8. The molecular weight excluding hydrogens is 472 g/mol. The second kappa shape index (κ2) is 13.6. The van der Waals surface area contributed by atoms with Crippen molar-refractivity contribution in [3.8, 4) is 0 Å². The molecule has 7 nitrogen and oxygen atoms in total. The topological polar surface area (TPSA) is 110 Å². The Hall–Kier alpha value is -2.15. The molecule has 0 saturated heterocycles. The molecule has 37 heavy (non-hydrogen) atoms. The van der Waals surface area contributed by atoms with Crippen molar-refractivity contribution in [2.24, 2.45) is 16.7 Å². The van der Waals surface area contributed by atoms with Gasteiger partial charge in [0.15, 0.2) is 0 Å². The van der Waals surface area contributed by atoms with Gasteiger partial charge in [-0.25, -0.2) is 4.79 Å². The van der Waals surface area contributed by atoms with Gasteiger partial charge in [0.1, 0.15) is 12.7 Å². The number of unbranched alkanes of at least 4 members (excludes halogenated alkanes) is 2. The number of hydrogen-bond acceptors (Lipinski definition) is 6. The zero-order valence-electron chi connectivity index (χ0n) is 23.7. The molecule has 1 unspecified atom stereocenters. The molecular formula is C30H48O7. The van der Waals surface area contributed by atoms with E-state index in [1.54, 1.807) is 0 Å². The number of carbonyl (C=O) groups excluding carboxylic acids is 2. The zero-order valence-corrected chi connectivity index (χ0v) is 23.7. The highest BCUT2D eigenvalue weighted by Crippen LogP contribution is 2.61. The van der Waals surface area contributed by atoms with Crippen LogP contribution in [0.2, 0.25) is 0 Å². The number of esters is 2. The molecule has 0 amide bonds. The summed E-state index contributed by atoms with van der Waals surface area (Å²) in [6.45, 7) is 12.2. The molecule has 5 atom stereocenters. The van der Waals surface area contributed by atoms with E-state index >= 15 is 0 Å². The summed E-state index contributed by atoms with van der Waals surface area (Å²) in [5, 5.41) is 20.6. The van der Waals surface area contributed by atoms with Crippen LogP contribution < -0.4 is 0 Å². The predicted octanol–water partition coefficient (Wildman–Crippen LogP) is 6.14. The highest BCUT2D eigenvalue weighted by atomic mass is 16.6. The summed E-state index contributed by atoms with van der Waals surface area (Å²) >= 11 is 0. The lowest BCUT2D eigenvalue weighted by Crippen LogP contribution is -2.61. The third-order valence-corrected chi connectivity index (χ3v) is 8.59. The summed E-state index contributed by atoms with van der Waals surface area (Å²) in [5.74, 6) is -1.74. The Balaban J connectivity index is 2.41. The minimum Gasteiger partial charge on any atom is -0.478 e. The number of ether oxygens (including phenoxy) is 2. The van der Waals surface area contributed by atoms with Crippen LogP contribution in [-0.4, -0.2) is 46.9 Å². The van der Waals surface area contributed by atoms with Crippen LogP contribution in [0.25, 0.3) is 0 Å². The molecule has 2 N–H and O–H groups in total. The number of carboxylic acids is 1. The van der Waals surface area contributed by atoms with Gasteiger partial charge in [-0.15, -0.1) is 0 Å². The third kappa shape index (κ3) is 7.68. The van der Waals surface area contributed by atoms with E-state index in [0.717, 1.165) is 43.3 Å². The van der Waals surface area contributed by atoms with Gasteiger partial charge >= 0.3 is 17.9 Å². The average Bonchev–Trinajstić information content (AvgIpc) is 2.81.